The van der Waals surface area contributed by atoms with E-state index in [1.807, 2.05) is 24.3 Å². The molecule has 1 rings (SSSR count). The molecule has 1 aromatic rings. The Labute approximate surface area is 125 Å². The molecule has 0 radical (unpaired) electrons. The van der Waals surface area contributed by atoms with Crippen molar-refractivity contribution in [3.05, 3.63) is 28.7 Å². The second-order valence-electron chi connectivity index (χ2n) is 4.62. The normalized spacial score (nSPS) is 11.2. The summed E-state index contributed by atoms with van der Waals surface area (Å²) >= 11 is 4.77. The second kappa shape index (κ2) is 6.43. The van der Waals surface area contributed by atoms with Gasteiger partial charge in [0.15, 0.2) is 0 Å². The van der Waals surface area contributed by atoms with Crippen LogP contribution in [-0.4, -0.2) is 40.2 Å². The van der Waals surface area contributed by atoms with Crippen molar-refractivity contribution < 1.29 is 14.7 Å². The number of amides is 1. The molecule has 0 heterocycles. The lowest BCUT2D eigenvalue weighted by Crippen LogP contribution is -2.43. The summed E-state index contributed by atoms with van der Waals surface area (Å²) in [7, 11) is 1.50. The Balaban J connectivity index is 2.76. The molecule has 0 unspecified atom stereocenters. The molecule has 0 aliphatic heterocycles. The Hall–Kier alpha value is -1.01. The minimum atomic E-state index is -1.01. The van der Waals surface area contributed by atoms with E-state index in [2.05, 4.69) is 15.9 Å². The zero-order valence-electron chi connectivity index (χ0n) is 11.0. The topological polar surface area (TPSA) is 57.6 Å². The molecular formula is C13H16BrNO3S. The summed E-state index contributed by atoms with van der Waals surface area (Å²) in [5, 5.41) is 8.71. The monoisotopic (exact) mass is 345 g/mol. The van der Waals surface area contributed by atoms with Gasteiger partial charge in [0.2, 0.25) is 5.91 Å². The van der Waals surface area contributed by atoms with Gasteiger partial charge in [0.25, 0.3) is 0 Å². The summed E-state index contributed by atoms with van der Waals surface area (Å²) in [5.74, 6) is -1.22. The number of hydrogen-bond acceptors (Lipinski definition) is 3. The number of carboxylic acids is 1. The van der Waals surface area contributed by atoms with Gasteiger partial charge in [-0.15, -0.1) is 11.8 Å². The molecule has 0 fully saturated rings. The SMILES string of the molecule is CN(CC(=O)O)C(=O)C(C)(C)Sc1ccc(Br)cc1. The highest BCUT2D eigenvalue weighted by atomic mass is 79.9. The van der Waals surface area contributed by atoms with Gasteiger partial charge >= 0.3 is 5.97 Å². The Morgan fingerprint density at radius 2 is 1.84 bits per heavy atom. The first-order chi connectivity index (χ1) is 8.72. The van der Waals surface area contributed by atoms with Gasteiger partial charge in [-0.25, -0.2) is 0 Å². The smallest absolute Gasteiger partial charge is 0.323 e. The fourth-order valence-electron chi connectivity index (χ4n) is 1.58. The third-order valence-electron chi connectivity index (χ3n) is 2.42. The van der Waals surface area contributed by atoms with Gasteiger partial charge in [0.1, 0.15) is 6.54 Å². The van der Waals surface area contributed by atoms with Crippen LogP contribution in [0.25, 0.3) is 0 Å². The van der Waals surface area contributed by atoms with Gasteiger partial charge in [-0.05, 0) is 38.1 Å². The highest BCUT2D eigenvalue weighted by Gasteiger charge is 2.32. The Morgan fingerprint density at radius 1 is 1.32 bits per heavy atom. The van der Waals surface area contributed by atoms with Crippen LogP contribution in [-0.2, 0) is 9.59 Å². The van der Waals surface area contributed by atoms with Crippen LogP contribution in [0.5, 0.6) is 0 Å². The molecule has 104 valence electrons. The first-order valence-corrected chi connectivity index (χ1v) is 7.25. The van der Waals surface area contributed by atoms with E-state index >= 15 is 0 Å². The lowest BCUT2D eigenvalue weighted by atomic mass is 10.2. The van der Waals surface area contributed by atoms with Crippen molar-refractivity contribution in [2.75, 3.05) is 13.6 Å². The predicted molar refractivity (Wildman–Crippen MR) is 79.4 cm³/mol. The molecular weight excluding hydrogens is 330 g/mol. The molecule has 0 aliphatic carbocycles. The van der Waals surface area contributed by atoms with Gasteiger partial charge < -0.3 is 10.0 Å². The van der Waals surface area contributed by atoms with E-state index in [4.69, 9.17) is 5.11 Å². The molecule has 0 aromatic heterocycles. The van der Waals surface area contributed by atoms with Crippen molar-refractivity contribution in [1.82, 2.24) is 4.90 Å². The maximum absolute atomic E-state index is 12.2. The number of rotatable bonds is 5. The van der Waals surface area contributed by atoms with E-state index in [9.17, 15) is 9.59 Å². The van der Waals surface area contributed by atoms with Gasteiger partial charge in [0.05, 0.1) is 4.75 Å². The zero-order chi connectivity index (χ0) is 14.6. The van der Waals surface area contributed by atoms with Gasteiger partial charge in [0, 0.05) is 16.4 Å². The highest BCUT2D eigenvalue weighted by molar-refractivity contribution is 9.10. The standard InChI is InChI=1S/C13H16BrNO3S/c1-13(2,12(18)15(3)8-11(16)17)19-10-6-4-9(14)5-7-10/h4-7H,8H2,1-3H3,(H,16,17). The van der Waals surface area contributed by atoms with Crippen LogP contribution in [0.4, 0.5) is 0 Å². The quantitative estimate of drug-likeness (QED) is 0.833. The molecule has 6 heteroatoms. The fourth-order valence-corrected chi connectivity index (χ4v) is 2.94. The van der Waals surface area contributed by atoms with Crippen molar-refractivity contribution in [1.29, 1.82) is 0 Å². The maximum atomic E-state index is 12.2. The number of halogens is 1. The Morgan fingerprint density at radius 3 is 2.32 bits per heavy atom. The molecule has 4 nitrogen and oxygen atoms in total. The largest absolute Gasteiger partial charge is 0.480 e. The van der Waals surface area contributed by atoms with E-state index in [0.717, 1.165) is 9.37 Å². The second-order valence-corrected chi connectivity index (χ2v) is 7.23. The van der Waals surface area contributed by atoms with Gasteiger partial charge in [-0.1, -0.05) is 15.9 Å². The molecule has 1 aromatic carbocycles. The number of benzene rings is 1. The van der Waals surface area contributed by atoms with Gasteiger partial charge in [-0.2, -0.15) is 0 Å². The summed E-state index contributed by atoms with van der Waals surface area (Å²) in [6.45, 7) is 3.30. The average Bonchev–Trinajstić information content (AvgIpc) is 2.30. The van der Waals surface area contributed by atoms with Crippen molar-refractivity contribution in [2.45, 2.75) is 23.5 Å². The molecule has 0 atom stereocenters. The number of carboxylic acid groups (broad SMARTS) is 1. The molecule has 0 saturated carbocycles. The number of carbonyl (C=O) groups excluding carboxylic acids is 1. The van der Waals surface area contributed by atoms with Crippen molar-refractivity contribution in [3.8, 4) is 0 Å². The van der Waals surface area contributed by atoms with Crippen molar-refractivity contribution >= 4 is 39.6 Å². The van der Waals surface area contributed by atoms with Crippen LogP contribution >= 0.6 is 27.7 Å². The van der Waals surface area contributed by atoms with Gasteiger partial charge in [-0.3, -0.25) is 9.59 Å². The highest BCUT2D eigenvalue weighted by Crippen LogP contribution is 2.34. The molecule has 0 saturated heterocycles. The van der Waals surface area contributed by atoms with Crippen molar-refractivity contribution in [2.24, 2.45) is 0 Å². The van der Waals surface area contributed by atoms with E-state index in [-0.39, 0.29) is 12.5 Å². The molecule has 19 heavy (non-hydrogen) atoms. The summed E-state index contributed by atoms with van der Waals surface area (Å²) in [5.41, 5.74) is 0. The van der Waals surface area contributed by atoms with Crippen LogP contribution in [0, 0.1) is 0 Å². The molecule has 1 N–H and O–H groups in total. The van der Waals surface area contributed by atoms with E-state index in [1.54, 1.807) is 13.8 Å². The zero-order valence-corrected chi connectivity index (χ0v) is 13.4. The van der Waals surface area contributed by atoms with Crippen LogP contribution in [0.1, 0.15) is 13.8 Å². The summed E-state index contributed by atoms with van der Waals surface area (Å²) in [6.07, 6.45) is 0. The van der Waals surface area contributed by atoms with Crippen molar-refractivity contribution in [3.63, 3.8) is 0 Å². The number of nitrogens with zero attached hydrogens (tertiary/aromatic N) is 1. The number of likely N-dealkylation sites (N-methyl/N-ethyl adjacent to an activating group) is 1. The first kappa shape index (κ1) is 16.0. The third kappa shape index (κ3) is 4.87. The lowest BCUT2D eigenvalue weighted by Gasteiger charge is -2.28. The van der Waals surface area contributed by atoms with Crippen LogP contribution < -0.4 is 0 Å². The average molecular weight is 346 g/mol. The first-order valence-electron chi connectivity index (χ1n) is 5.64. The van der Waals surface area contributed by atoms with Crippen LogP contribution in [0.15, 0.2) is 33.6 Å². The van der Waals surface area contributed by atoms with Crippen LogP contribution in [0.2, 0.25) is 0 Å². The maximum Gasteiger partial charge on any atom is 0.323 e. The van der Waals surface area contributed by atoms with Crippen LogP contribution in [0.3, 0.4) is 0 Å². The molecule has 0 aliphatic rings. The minimum Gasteiger partial charge on any atom is -0.480 e. The predicted octanol–water partition coefficient (Wildman–Crippen LogP) is 2.86. The number of hydrogen-bond donors (Lipinski definition) is 1. The molecule has 0 spiro atoms. The number of aliphatic carboxylic acids is 1. The Kier molecular flexibility index (Phi) is 5.43. The summed E-state index contributed by atoms with van der Waals surface area (Å²) < 4.78 is 0.266. The van der Waals surface area contributed by atoms with E-state index < -0.39 is 10.7 Å². The van der Waals surface area contributed by atoms with E-state index in [1.165, 1.54) is 23.7 Å². The molecule has 0 bridgehead atoms. The van der Waals surface area contributed by atoms with E-state index in [0.29, 0.717) is 0 Å². The Bertz CT molecular complexity index is 473. The molecule has 1 amide bonds. The third-order valence-corrected chi connectivity index (χ3v) is 4.14. The minimum absolute atomic E-state index is 0.206. The summed E-state index contributed by atoms with van der Waals surface area (Å²) in [4.78, 5) is 25.0. The summed E-state index contributed by atoms with van der Waals surface area (Å²) in [6, 6.07) is 7.65. The fraction of sp³-hybridized carbons (Fsp3) is 0.385. The lowest BCUT2D eigenvalue weighted by molar-refractivity contribution is -0.144. The number of thioether (sulfide) groups is 1. The number of carbonyl (C=O) groups is 2.